The maximum Gasteiger partial charge on any atom is 0.119 e. The number of aryl methyl sites for hydroxylation is 1. The first-order valence-electron chi connectivity index (χ1n) is 10.2. The van der Waals surface area contributed by atoms with Gasteiger partial charge in [0.25, 0.3) is 0 Å². The van der Waals surface area contributed by atoms with Crippen LogP contribution in [0, 0.1) is 6.92 Å². The van der Waals surface area contributed by atoms with Gasteiger partial charge < -0.3 is 15.0 Å². The normalized spacial score (nSPS) is 24.0. The second-order valence-corrected chi connectivity index (χ2v) is 9.13. The number of hydrogen-bond acceptors (Lipinski definition) is 4. The number of hydrogen-bond donors (Lipinski definition) is 1. The molecule has 1 fully saturated rings. The van der Waals surface area contributed by atoms with E-state index in [-0.39, 0.29) is 0 Å². The van der Waals surface area contributed by atoms with E-state index in [4.69, 9.17) is 4.74 Å². The summed E-state index contributed by atoms with van der Waals surface area (Å²) in [6.45, 7) is 5.71. The van der Waals surface area contributed by atoms with Crippen molar-refractivity contribution in [2.24, 2.45) is 0 Å². The van der Waals surface area contributed by atoms with Crippen molar-refractivity contribution in [2.75, 3.05) is 37.4 Å². The van der Waals surface area contributed by atoms with Gasteiger partial charge in [-0.1, -0.05) is 6.07 Å². The van der Waals surface area contributed by atoms with Crippen molar-refractivity contribution in [1.82, 2.24) is 5.32 Å². The van der Waals surface area contributed by atoms with Crippen LogP contribution in [0.5, 0.6) is 5.75 Å². The van der Waals surface area contributed by atoms with Gasteiger partial charge in [0.1, 0.15) is 5.75 Å². The lowest BCUT2D eigenvalue weighted by molar-refractivity contribution is 0.414. The molecule has 3 nitrogen and oxygen atoms in total. The molecule has 0 radical (unpaired) electrons. The van der Waals surface area contributed by atoms with Crippen LogP contribution in [0.25, 0.3) is 11.1 Å². The molecule has 0 bridgehead atoms. The second-order valence-electron chi connectivity index (χ2n) is 7.99. The summed E-state index contributed by atoms with van der Waals surface area (Å²) in [7, 11) is 1.74. The Morgan fingerprint density at radius 1 is 1.15 bits per heavy atom. The average molecular weight is 381 g/mol. The summed E-state index contributed by atoms with van der Waals surface area (Å²) >= 11 is 2.06. The molecule has 142 valence electrons. The fourth-order valence-corrected chi connectivity index (χ4v) is 6.27. The molecule has 0 spiro atoms. The fraction of sp³-hybridized carbons (Fsp3) is 0.478. The van der Waals surface area contributed by atoms with Crippen molar-refractivity contribution in [3.05, 3.63) is 41.5 Å². The summed E-state index contributed by atoms with van der Waals surface area (Å²) in [4.78, 5) is 4.25. The summed E-state index contributed by atoms with van der Waals surface area (Å²) in [5.41, 5.74) is 7.15. The third kappa shape index (κ3) is 2.94. The molecule has 2 unspecified atom stereocenters. The topological polar surface area (TPSA) is 24.5 Å². The van der Waals surface area contributed by atoms with Crippen LogP contribution in [-0.2, 0) is 0 Å². The van der Waals surface area contributed by atoms with E-state index >= 15 is 0 Å². The Morgan fingerprint density at radius 3 is 2.89 bits per heavy atom. The largest absolute Gasteiger partial charge is 0.497 e. The van der Waals surface area contributed by atoms with Gasteiger partial charge in [-0.2, -0.15) is 0 Å². The molecule has 3 aliphatic rings. The van der Waals surface area contributed by atoms with Crippen LogP contribution < -0.4 is 15.0 Å². The maximum atomic E-state index is 5.41. The van der Waals surface area contributed by atoms with Gasteiger partial charge in [0, 0.05) is 23.4 Å². The second kappa shape index (κ2) is 7.06. The first-order chi connectivity index (χ1) is 13.3. The van der Waals surface area contributed by atoms with Crippen LogP contribution >= 0.6 is 11.8 Å². The van der Waals surface area contributed by atoms with E-state index in [9.17, 15) is 0 Å². The van der Waals surface area contributed by atoms with Crippen molar-refractivity contribution in [1.29, 1.82) is 0 Å². The first kappa shape index (κ1) is 17.4. The van der Waals surface area contributed by atoms with E-state index in [1.165, 1.54) is 53.1 Å². The predicted octanol–water partition coefficient (Wildman–Crippen LogP) is 4.82. The molecular formula is C23H28N2OS. The molecule has 0 aliphatic carbocycles. The molecule has 1 N–H and O–H groups in total. The Balaban J connectivity index is 1.65. The average Bonchev–Trinajstić information content (AvgIpc) is 2.88. The van der Waals surface area contributed by atoms with E-state index < -0.39 is 0 Å². The Hall–Kier alpha value is -1.65. The molecule has 0 aromatic heterocycles. The Labute approximate surface area is 166 Å². The van der Waals surface area contributed by atoms with E-state index in [0.29, 0.717) is 12.0 Å². The van der Waals surface area contributed by atoms with Gasteiger partial charge in [0.2, 0.25) is 0 Å². The highest BCUT2D eigenvalue weighted by Crippen LogP contribution is 2.52. The number of ether oxygens (including phenoxy) is 1. The third-order valence-corrected chi connectivity index (χ3v) is 7.57. The molecule has 3 heterocycles. The molecule has 2 atom stereocenters. The van der Waals surface area contributed by atoms with E-state index in [2.05, 4.69) is 59.2 Å². The van der Waals surface area contributed by atoms with Crippen molar-refractivity contribution in [3.63, 3.8) is 0 Å². The summed E-state index contributed by atoms with van der Waals surface area (Å²) in [6, 6.07) is 12.1. The van der Waals surface area contributed by atoms with Gasteiger partial charge in [0.15, 0.2) is 0 Å². The van der Waals surface area contributed by atoms with Crippen LogP contribution in [0.3, 0.4) is 0 Å². The zero-order valence-corrected chi connectivity index (χ0v) is 17.1. The van der Waals surface area contributed by atoms with Crippen LogP contribution in [0.15, 0.2) is 35.2 Å². The van der Waals surface area contributed by atoms with Crippen LogP contribution in [0.1, 0.15) is 36.3 Å². The molecule has 5 rings (SSSR count). The lowest BCUT2D eigenvalue weighted by Gasteiger charge is -2.28. The molecular weight excluding hydrogens is 352 g/mol. The number of anilines is 1. The van der Waals surface area contributed by atoms with Gasteiger partial charge in [-0.3, -0.25) is 0 Å². The standard InChI is InChI=1S/C23H28N2OS/c1-15-12-17(26-2)4-5-18(15)16-13-20-19-6-8-24-9-7-21(19)25-10-3-11-27-22(14-16)23(20)25/h4-5,12-14,19,21,24H,3,6-11H2,1-2H3. The van der Waals surface area contributed by atoms with Gasteiger partial charge in [-0.05, 0) is 91.5 Å². The molecule has 2 aromatic rings. The Kier molecular flexibility index (Phi) is 4.57. The van der Waals surface area contributed by atoms with Crippen molar-refractivity contribution in [2.45, 2.75) is 43.0 Å². The number of rotatable bonds is 2. The molecule has 0 amide bonds. The van der Waals surface area contributed by atoms with Crippen molar-refractivity contribution < 1.29 is 4.74 Å². The monoisotopic (exact) mass is 380 g/mol. The first-order valence-corrected chi connectivity index (χ1v) is 11.2. The minimum absolute atomic E-state index is 0.672. The SMILES string of the molecule is COc1ccc(-c2cc3c4c(c2)C2CCNCCC2N4CCCS3)c(C)c1. The Bertz CT molecular complexity index is 866. The Morgan fingerprint density at radius 2 is 2.04 bits per heavy atom. The number of nitrogens with one attached hydrogen (secondary N) is 1. The molecule has 27 heavy (non-hydrogen) atoms. The van der Waals surface area contributed by atoms with Gasteiger partial charge in [-0.15, -0.1) is 11.8 Å². The molecule has 2 aromatic carbocycles. The molecule has 1 saturated heterocycles. The minimum atomic E-state index is 0.672. The fourth-order valence-electron chi connectivity index (χ4n) is 5.19. The highest BCUT2D eigenvalue weighted by Gasteiger charge is 2.41. The van der Waals surface area contributed by atoms with Crippen molar-refractivity contribution in [3.8, 4) is 16.9 Å². The lowest BCUT2D eigenvalue weighted by atomic mass is 9.88. The molecule has 0 saturated carbocycles. The highest BCUT2D eigenvalue weighted by molar-refractivity contribution is 7.99. The molecule has 4 heteroatoms. The highest BCUT2D eigenvalue weighted by atomic mass is 32.2. The third-order valence-electron chi connectivity index (χ3n) is 6.45. The lowest BCUT2D eigenvalue weighted by Crippen LogP contribution is -2.35. The summed E-state index contributed by atoms with van der Waals surface area (Å²) in [5.74, 6) is 2.83. The number of nitrogens with zero attached hydrogens (tertiary/aromatic N) is 1. The van der Waals surface area contributed by atoms with Crippen LogP contribution in [-0.4, -0.2) is 38.5 Å². The smallest absolute Gasteiger partial charge is 0.119 e. The number of benzene rings is 2. The molecule has 3 aliphatic heterocycles. The van der Waals surface area contributed by atoms with Crippen molar-refractivity contribution >= 4 is 17.4 Å². The zero-order chi connectivity index (χ0) is 18.4. The van der Waals surface area contributed by atoms with Crippen LogP contribution in [0.4, 0.5) is 5.69 Å². The van der Waals surface area contributed by atoms with Gasteiger partial charge in [0.05, 0.1) is 12.8 Å². The number of fused-ring (bicyclic) bond motifs is 3. The minimum Gasteiger partial charge on any atom is -0.497 e. The summed E-state index contributed by atoms with van der Waals surface area (Å²) in [6.07, 6.45) is 3.80. The maximum absolute atomic E-state index is 5.41. The van der Waals surface area contributed by atoms with E-state index in [0.717, 1.165) is 18.8 Å². The van der Waals surface area contributed by atoms with E-state index in [1.807, 2.05) is 0 Å². The number of thioether (sulfide) groups is 1. The van der Waals surface area contributed by atoms with Gasteiger partial charge in [-0.25, -0.2) is 0 Å². The number of methoxy groups -OCH3 is 1. The van der Waals surface area contributed by atoms with Gasteiger partial charge >= 0.3 is 0 Å². The van der Waals surface area contributed by atoms with E-state index in [1.54, 1.807) is 18.4 Å². The zero-order valence-electron chi connectivity index (χ0n) is 16.3. The summed E-state index contributed by atoms with van der Waals surface area (Å²) < 4.78 is 5.41. The van der Waals surface area contributed by atoms with Crippen LogP contribution in [0.2, 0.25) is 0 Å². The predicted molar refractivity (Wildman–Crippen MR) is 114 cm³/mol. The summed E-state index contributed by atoms with van der Waals surface area (Å²) in [5, 5.41) is 3.62. The quantitative estimate of drug-likeness (QED) is 0.807.